The van der Waals surface area contributed by atoms with Crippen LogP contribution in [0.25, 0.3) is 0 Å². The first-order chi connectivity index (χ1) is 14.3. The third-order valence-electron chi connectivity index (χ3n) is 4.42. The summed E-state index contributed by atoms with van der Waals surface area (Å²) in [5, 5.41) is 12.3. The van der Waals surface area contributed by atoms with Crippen molar-refractivity contribution in [2.75, 3.05) is 11.1 Å². The van der Waals surface area contributed by atoms with Gasteiger partial charge in [0.15, 0.2) is 17.1 Å². The molecule has 0 fully saturated rings. The number of ether oxygens (including phenoxy) is 1. The Morgan fingerprint density at radius 3 is 2.53 bits per heavy atom. The van der Waals surface area contributed by atoms with Gasteiger partial charge in [-0.05, 0) is 42.7 Å². The fourth-order valence-electron chi connectivity index (χ4n) is 2.75. The van der Waals surface area contributed by atoms with Gasteiger partial charge in [-0.25, -0.2) is 4.98 Å². The van der Waals surface area contributed by atoms with Crippen molar-refractivity contribution < 1.29 is 9.53 Å². The normalized spacial score (nSPS) is 12.1. The molecule has 9 heteroatoms. The third kappa shape index (κ3) is 5.73. The van der Waals surface area contributed by atoms with Crippen LogP contribution in [0, 0.1) is 0 Å². The molecule has 1 atom stereocenters. The van der Waals surface area contributed by atoms with Gasteiger partial charge in [-0.3, -0.25) is 4.79 Å². The fraction of sp³-hybridized carbons (Fsp3) is 0.333. The summed E-state index contributed by atoms with van der Waals surface area (Å²) >= 11 is 7.09. The summed E-state index contributed by atoms with van der Waals surface area (Å²) in [5.41, 5.74) is 1.26. The topological polar surface area (TPSA) is 81.9 Å². The van der Waals surface area contributed by atoms with Crippen LogP contribution in [-0.2, 0) is 11.8 Å². The lowest BCUT2D eigenvalue weighted by molar-refractivity contribution is -0.113. The van der Waals surface area contributed by atoms with Crippen LogP contribution in [0.5, 0.6) is 5.75 Å². The number of thioether (sulfide) groups is 1. The number of anilines is 1. The van der Waals surface area contributed by atoms with Gasteiger partial charge in [-0.2, -0.15) is 0 Å². The molecule has 0 saturated carbocycles. The van der Waals surface area contributed by atoms with Crippen molar-refractivity contribution in [3.05, 3.63) is 59.0 Å². The number of hydrogen-bond donors (Lipinski definition) is 1. The van der Waals surface area contributed by atoms with Crippen LogP contribution >= 0.6 is 23.4 Å². The number of aromatic nitrogens is 4. The quantitative estimate of drug-likeness (QED) is 0.499. The molecule has 1 aromatic carbocycles. The monoisotopic (exact) mass is 445 g/mol. The molecule has 0 bridgehead atoms. The summed E-state index contributed by atoms with van der Waals surface area (Å²) in [4.78, 5) is 16.2. The largest absolute Gasteiger partial charge is 0.483 e. The van der Waals surface area contributed by atoms with Crippen molar-refractivity contribution in [3.63, 3.8) is 0 Å². The Kier molecular flexibility index (Phi) is 7.33. The van der Waals surface area contributed by atoms with Crippen molar-refractivity contribution in [1.82, 2.24) is 19.7 Å². The molecule has 158 valence electrons. The van der Waals surface area contributed by atoms with Gasteiger partial charge in [0.2, 0.25) is 5.91 Å². The van der Waals surface area contributed by atoms with Crippen LogP contribution in [0.1, 0.15) is 44.2 Å². The van der Waals surface area contributed by atoms with E-state index in [1.165, 1.54) is 23.5 Å². The number of benzene rings is 1. The molecule has 2 heterocycles. The van der Waals surface area contributed by atoms with E-state index in [0.29, 0.717) is 27.7 Å². The van der Waals surface area contributed by atoms with Gasteiger partial charge in [-0.15, -0.1) is 10.2 Å². The molecule has 0 aliphatic carbocycles. The molecule has 2 aromatic heterocycles. The predicted octanol–water partition coefficient (Wildman–Crippen LogP) is 4.86. The average Bonchev–Trinajstić information content (AvgIpc) is 3.09. The van der Waals surface area contributed by atoms with Crippen molar-refractivity contribution in [3.8, 4) is 5.75 Å². The van der Waals surface area contributed by atoms with Gasteiger partial charge in [0, 0.05) is 13.2 Å². The molecular formula is C21H24ClN5O2S. The predicted molar refractivity (Wildman–Crippen MR) is 119 cm³/mol. The first-order valence-electron chi connectivity index (χ1n) is 9.53. The van der Waals surface area contributed by atoms with Crippen LogP contribution < -0.4 is 10.1 Å². The minimum absolute atomic E-state index is 0.183. The van der Waals surface area contributed by atoms with Crippen LogP contribution in [0.3, 0.4) is 0 Å². The molecule has 0 saturated heterocycles. The van der Waals surface area contributed by atoms with E-state index < -0.39 is 0 Å². The minimum atomic E-state index is -0.283. The molecule has 1 amide bonds. The van der Waals surface area contributed by atoms with Gasteiger partial charge in [0.05, 0.1) is 10.8 Å². The molecule has 0 aliphatic rings. The van der Waals surface area contributed by atoms with E-state index >= 15 is 0 Å². The smallest absolute Gasteiger partial charge is 0.236 e. The lowest BCUT2D eigenvalue weighted by Gasteiger charge is -2.15. The zero-order valence-electron chi connectivity index (χ0n) is 17.3. The highest BCUT2D eigenvalue weighted by atomic mass is 35.5. The van der Waals surface area contributed by atoms with E-state index in [4.69, 9.17) is 16.3 Å². The first-order valence-corrected chi connectivity index (χ1v) is 10.9. The zero-order valence-corrected chi connectivity index (χ0v) is 18.9. The number of halogens is 1. The second kappa shape index (κ2) is 9.95. The van der Waals surface area contributed by atoms with Crippen LogP contribution in [0.15, 0.2) is 47.8 Å². The van der Waals surface area contributed by atoms with E-state index in [0.717, 1.165) is 5.75 Å². The van der Waals surface area contributed by atoms with Crippen molar-refractivity contribution in [2.24, 2.45) is 7.05 Å². The molecule has 0 spiro atoms. The second-order valence-corrected chi connectivity index (χ2v) is 8.46. The van der Waals surface area contributed by atoms with Gasteiger partial charge >= 0.3 is 0 Å². The van der Waals surface area contributed by atoms with Gasteiger partial charge in [0.1, 0.15) is 11.6 Å². The van der Waals surface area contributed by atoms with Crippen LogP contribution in [0.2, 0.25) is 5.02 Å². The van der Waals surface area contributed by atoms with Crippen molar-refractivity contribution in [1.29, 1.82) is 0 Å². The Labute approximate surface area is 185 Å². The number of carbonyl (C=O) groups excluding carboxylic acids is 1. The highest BCUT2D eigenvalue weighted by Gasteiger charge is 2.18. The summed E-state index contributed by atoms with van der Waals surface area (Å²) in [5.74, 6) is 2.39. The molecule has 3 aromatic rings. The van der Waals surface area contributed by atoms with E-state index in [1.807, 2.05) is 30.7 Å². The number of nitrogens with one attached hydrogen (secondary N) is 1. The summed E-state index contributed by atoms with van der Waals surface area (Å²) in [6, 6.07) is 11.4. The number of pyridine rings is 1. The lowest BCUT2D eigenvalue weighted by Crippen LogP contribution is -2.15. The van der Waals surface area contributed by atoms with Crippen molar-refractivity contribution in [2.45, 2.75) is 37.9 Å². The number of amides is 1. The summed E-state index contributed by atoms with van der Waals surface area (Å²) in [7, 11) is 1.86. The Morgan fingerprint density at radius 2 is 1.90 bits per heavy atom. The van der Waals surface area contributed by atoms with E-state index in [-0.39, 0.29) is 17.8 Å². The third-order valence-corrected chi connectivity index (χ3v) is 5.66. The van der Waals surface area contributed by atoms with Gasteiger partial charge in [-0.1, -0.05) is 49.3 Å². The fourth-order valence-corrected chi connectivity index (χ4v) is 3.58. The zero-order chi connectivity index (χ0) is 21.7. The molecule has 0 aliphatic heterocycles. The van der Waals surface area contributed by atoms with E-state index in [2.05, 4.69) is 46.5 Å². The molecule has 1 N–H and O–H groups in total. The van der Waals surface area contributed by atoms with Gasteiger partial charge < -0.3 is 14.6 Å². The maximum Gasteiger partial charge on any atom is 0.236 e. The molecule has 1 unspecified atom stereocenters. The van der Waals surface area contributed by atoms with E-state index in [1.54, 1.807) is 12.1 Å². The SMILES string of the molecule is CC(C)c1ccc(OC(C)c2nnc(SCC(=O)Nc3ccc(Cl)cn3)n2C)cc1. The summed E-state index contributed by atoms with van der Waals surface area (Å²) in [6.07, 6.45) is 1.20. The van der Waals surface area contributed by atoms with E-state index in [9.17, 15) is 4.79 Å². The van der Waals surface area contributed by atoms with Crippen LogP contribution in [-0.4, -0.2) is 31.4 Å². The maximum atomic E-state index is 12.2. The van der Waals surface area contributed by atoms with Crippen LogP contribution in [0.4, 0.5) is 5.82 Å². The number of hydrogen-bond acceptors (Lipinski definition) is 6. The Balaban J connectivity index is 1.56. The molecule has 7 nitrogen and oxygen atoms in total. The molecular weight excluding hydrogens is 422 g/mol. The standard InChI is InChI=1S/C21H24ClN5O2S/c1-13(2)15-5-8-17(9-6-15)29-14(3)20-25-26-21(27(20)4)30-12-19(28)24-18-10-7-16(22)11-23-18/h5-11,13-14H,12H2,1-4H3,(H,23,24,28). The number of rotatable bonds is 8. The summed E-state index contributed by atoms with van der Waals surface area (Å²) < 4.78 is 7.85. The Bertz CT molecular complexity index is 990. The minimum Gasteiger partial charge on any atom is -0.483 e. The number of nitrogens with zero attached hydrogens (tertiary/aromatic N) is 4. The maximum absolute atomic E-state index is 12.2. The molecule has 3 rings (SSSR count). The number of carbonyl (C=O) groups is 1. The highest BCUT2D eigenvalue weighted by Crippen LogP contribution is 2.25. The average molecular weight is 446 g/mol. The first kappa shape index (κ1) is 22.1. The second-order valence-electron chi connectivity index (χ2n) is 7.08. The molecule has 0 radical (unpaired) electrons. The summed E-state index contributed by atoms with van der Waals surface area (Å²) in [6.45, 7) is 6.24. The van der Waals surface area contributed by atoms with Gasteiger partial charge in [0.25, 0.3) is 0 Å². The Hall–Kier alpha value is -2.58. The van der Waals surface area contributed by atoms with Crippen molar-refractivity contribution >= 4 is 35.1 Å². The highest BCUT2D eigenvalue weighted by molar-refractivity contribution is 7.99. The Morgan fingerprint density at radius 1 is 1.17 bits per heavy atom. The molecule has 30 heavy (non-hydrogen) atoms. The lowest BCUT2D eigenvalue weighted by atomic mass is 10.0.